The minimum absolute atomic E-state index is 0.396. The first kappa shape index (κ1) is 19.7. The van der Waals surface area contributed by atoms with Gasteiger partial charge in [0.15, 0.2) is 0 Å². The molecule has 0 spiro atoms. The summed E-state index contributed by atoms with van der Waals surface area (Å²) in [5, 5.41) is 0. The molecular formula is C15H13F4N3O3S. The second-order valence-corrected chi connectivity index (χ2v) is 6.94. The van der Waals surface area contributed by atoms with Gasteiger partial charge in [-0.05, 0) is 42.5 Å². The van der Waals surface area contributed by atoms with Crippen LogP contribution in [0.4, 0.5) is 23.2 Å². The Hall–Kier alpha value is -2.66. The number of nitrogens with zero attached hydrogens (tertiary/aromatic N) is 1. The summed E-state index contributed by atoms with van der Waals surface area (Å²) in [5.41, 5.74) is 0.225. The fourth-order valence-electron chi connectivity index (χ4n) is 2.06. The first-order chi connectivity index (χ1) is 12.1. The molecule has 26 heavy (non-hydrogen) atoms. The van der Waals surface area contributed by atoms with Crippen molar-refractivity contribution in [3.05, 3.63) is 59.9 Å². The molecule has 0 atom stereocenters. The van der Waals surface area contributed by atoms with Gasteiger partial charge >= 0.3 is 6.18 Å². The van der Waals surface area contributed by atoms with E-state index in [1.807, 2.05) is 0 Å². The molecule has 0 aliphatic heterocycles. The van der Waals surface area contributed by atoms with Crippen LogP contribution in [0.2, 0.25) is 0 Å². The highest BCUT2D eigenvalue weighted by Crippen LogP contribution is 2.33. The van der Waals surface area contributed by atoms with Gasteiger partial charge in [-0.15, -0.1) is 0 Å². The van der Waals surface area contributed by atoms with Crippen LogP contribution in [0.5, 0.6) is 0 Å². The van der Waals surface area contributed by atoms with E-state index in [-0.39, 0.29) is 0 Å². The number of amides is 1. The lowest BCUT2D eigenvalue weighted by Crippen LogP contribution is -2.43. The van der Waals surface area contributed by atoms with E-state index in [0.29, 0.717) is 10.4 Å². The van der Waals surface area contributed by atoms with Crippen molar-refractivity contribution in [1.82, 2.24) is 5.43 Å². The van der Waals surface area contributed by atoms with Crippen LogP contribution in [0.3, 0.4) is 0 Å². The summed E-state index contributed by atoms with van der Waals surface area (Å²) in [4.78, 5) is 11.2. The highest BCUT2D eigenvalue weighted by Gasteiger charge is 2.33. The van der Waals surface area contributed by atoms with Crippen molar-refractivity contribution in [2.24, 2.45) is 5.84 Å². The molecule has 2 rings (SSSR count). The number of hydrogen-bond acceptors (Lipinski definition) is 4. The summed E-state index contributed by atoms with van der Waals surface area (Å²) < 4.78 is 77.8. The maximum atomic E-state index is 13.0. The molecule has 11 heteroatoms. The number of anilines is 1. The molecule has 2 aromatic rings. The van der Waals surface area contributed by atoms with E-state index >= 15 is 0 Å². The zero-order valence-electron chi connectivity index (χ0n) is 13.0. The predicted molar refractivity (Wildman–Crippen MR) is 84.7 cm³/mol. The maximum Gasteiger partial charge on any atom is 0.416 e. The van der Waals surface area contributed by atoms with Gasteiger partial charge in [0.05, 0.1) is 16.1 Å². The van der Waals surface area contributed by atoms with Gasteiger partial charge in [0.2, 0.25) is 0 Å². The van der Waals surface area contributed by atoms with Gasteiger partial charge in [-0.1, -0.05) is 6.07 Å². The number of sulfonamides is 1. The van der Waals surface area contributed by atoms with Crippen LogP contribution < -0.4 is 15.6 Å². The Balaban J connectivity index is 2.57. The monoisotopic (exact) mass is 391 g/mol. The molecule has 0 aromatic heterocycles. The smallest absolute Gasteiger partial charge is 0.293 e. The highest BCUT2D eigenvalue weighted by atomic mass is 32.2. The number of nitrogens with two attached hydrogens (primary N) is 1. The zero-order valence-corrected chi connectivity index (χ0v) is 13.8. The van der Waals surface area contributed by atoms with Crippen LogP contribution in [0, 0.1) is 5.82 Å². The summed E-state index contributed by atoms with van der Waals surface area (Å²) in [6.07, 6.45) is -4.71. The van der Waals surface area contributed by atoms with Gasteiger partial charge in [-0.3, -0.25) is 14.5 Å². The van der Waals surface area contributed by atoms with E-state index in [1.54, 1.807) is 5.43 Å². The number of nitrogens with one attached hydrogen (secondary N) is 1. The molecule has 0 saturated heterocycles. The van der Waals surface area contributed by atoms with Crippen LogP contribution in [0.1, 0.15) is 5.56 Å². The van der Waals surface area contributed by atoms with Crippen LogP contribution in [-0.2, 0) is 21.0 Å². The summed E-state index contributed by atoms with van der Waals surface area (Å²) in [6, 6.07) is 7.07. The van der Waals surface area contributed by atoms with Crippen LogP contribution in [0.25, 0.3) is 0 Å². The van der Waals surface area contributed by atoms with Gasteiger partial charge in [0.1, 0.15) is 12.4 Å². The van der Waals surface area contributed by atoms with E-state index in [4.69, 9.17) is 5.84 Å². The van der Waals surface area contributed by atoms with Crippen molar-refractivity contribution in [1.29, 1.82) is 0 Å². The number of hydrogen-bond donors (Lipinski definition) is 2. The van der Waals surface area contributed by atoms with E-state index in [2.05, 4.69) is 0 Å². The lowest BCUT2D eigenvalue weighted by molar-refractivity contribution is -0.137. The van der Waals surface area contributed by atoms with Crippen molar-refractivity contribution < 1.29 is 30.8 Å². The van der Waals surface area contributed by atoms with Gasteiger partial charge < -0.3 is 0 Å². The fourth-order valence-corrected chi connectivity index (χ4v) is 3.48. The van der Waals surface area contributed by atoms with Crippen molar-refractivity contribution in [3.63, 3.8) is 0 Å². The normalized spacial score (nSPS) is 11.9. The molecule has 0 radical (unpaired) electrons. The average Bonchev–Trinajstić information content (AvgIpc) is 2.59. The Labute approximate surface area is 146 Å². The molecule has 0 saturated carbocycles. The second-order valence-electron chi connectivity index (χ2n) is 5.08. The molecule has 0 heterocycles. The van der Waals surface area contributed by atoms with Crippen molar-refractivity contribution in [2.45, 2.75) is 11.1 Å². The number of halogens is 4. The number of benzene rings is 2. The Kier molecular flexibility index (Phi) is 5.52. The zero-order chi connectivity index (χ0) is 19.5. The Morgan fingerprint density at radius 3 is 2.27 bits per heavy atom. The molecule has 1 amide bonds. The third kappa shape index (κ3) is 4.29. The Bertz CT molecular complexity index is 899. The largest absolute Gasteiger partial charge is 0.416 e. The summed E-state index contributed by atoms with van der Waals surface area (Å²) in [5.74, 6) is 3.30. The third-order valence-electron chi connectivity index (χ3n) is 3.31. The van der Waals surface area contributed by atoms with Gasteiger partial charge in [0, 0.05) is 0 Å². The Morgan fingerprint density at radius 2 is 1.73 bits per heavy atom. The summed E-state index contributed by atoms with van der Waals surface area (Å²) in [7, 11) is -4.46. The Morgan fingerprint density at radius 1 is 1.12 bits per heavy atom. The van der Waals surface area contributed by atoms with Crippen molar-refractivity contribution in [3.8, 4) is 0 Å². The fraction of sp³-hybridized carbons (Fsp3) is 0.133. The molecule has 0 unspecified atom stereocenters. The molecule has 6 nitrogen and oxygen atoms in total. The quantitative estimate of drug-likeness (QED) is 0.353. The molecule has 140 valence electrons. The number of alkyl halides is 3. The topological polar surface area (TPSA) is 92.5 Å². The van der Waals surface area contributed by atoms with E-state index in [1.165, 1.54) is 0 Å². The standard InChI is InChI=1S/C15H13F4N3O3S/c16-11-4-6-13(7-5-11)26(24,25)22(9-14(23)21-20)12-3-1-2-10(8-12)15(17,18)19/h1-8H,9,20H2,(H,21,23). The lowest BCUT2D eigenvalue weighted by Gasteiger charge is -2.24. The lowest BCUT2D eigenvalue weighted by atomic mass is 10.2. The van der Waals surface area contributed by atoms with E-state index in [9.17, 15) is 30.8 Å². The molecule has 3 N–H and O–H groups in total. The molecule has 0 fully saturated rings. The summed E-state index contributed by atoms with van der Waals surface area (Å²) >= 11 is 0. The number of carbonyl (C=O) groups is 1. The van der Waals surface area contributed by atoms with Crippen molar-refractivity contribution in [2.75, 3.05) is 10.8 Å². The maximum absolute atomic E-state index is 13.0. The second kappa shape index (κ2) is 7.30. The van der Waals surface area contributed by atoms with Crippen molar-refractivity contribution >= 4 is 21.6 Å². The van der Waals surface area contributed by atoms with Gasteiger partial charge in [-0.2, -0.15) is 13.2 Å². The van der Waals surface area contributed by atoms with Gasteiger partial charge in [0.25, 0.3) is 15.9 Å². The predicted octanol–water partition coefficient (Wildman–Crippen LogP) is 2.03. The SMILES string of the molecule is NNC(=O)CN(c1cccc(C(F)(F)F)c1)S(=O)(=O)c1ccc(F)cc1. The summed E-state index contributed by atoms with van der Waals surface area (Å²) in [6.45, 7) is -0.864. The van der Waals surface area contributed by atoms with Crippen LogP contribution in [0.15, 0.2) is 53.4 Å². The molecule has 0 aliphatic rings. The van der Waals surface area contributed by atoms with E-state index < -0.39 is 50.6 Å². The number of rotatable bonds is 5. The molecule has 0 bridgehead atoms. The first-order valence-corrected chi connectivity index (χ1v) is 8.44. The van der Waals surface area contributed by atoms with Gasteiger partial charge in [-0.25, -0.2) is 18.7 Å². The first-order valence-electron chi connectivity index (χ1n) is 7.00. The molecular weight excluding hydrogens is 378 g/mol. The highest BCUT2D eigenvalue weighted by molar-refractivity contribution is 7.92. The van der Waals surface area contributed by atoms with Crippen LogP contribution in [-0.4, -0.2) is 20.9 Å². The third-order valence-corrected chi connectivity index (χ3v) is 5.10. The van der Waals surface area contributed by atoms with E-state index in [0.717, 1.165) is 42.5 Å². The number of hydrazine groups is 1. The minimum atomic E-state index is -4.71. The average molecular weight is 391 g/mol. The number of carbonyl (C=O) groups excluding carboxylic acids is 1. The molecule has 2 aromatic carbocycles. The minimum Gasteiger partial charge on any atom is -0.293 e. The molecule has 0 aliphatic carbocycles. The van der Waals surface area contributed by atoms with Crippen LogP contribution >= 0.6 is 0 Å².